The number of rotatable bonds is 7. The molecule has 0 aliphatic heterocycles. The van der Waals surface area contributed by atoms with Gasteiger partial charge in [0.1, 0.15) is 0 Å². The Kier molecular flexibility index (Phi) is 6.28. The molecular weight excluding hydrogens is 296 g/mol. The zero-order valence-corrected chi connectivity index (χ0v) is 13.1. The number of aliphatic hydroxyl groups is 1. The molecule has 7 nitrogen and oxygen atoms in total. The minimum absolute atomic E-state index is 0.0511. The van der Waals surface area contributed by atoms with Crippen molar-refractivity contribution in [3.63, 3.8) is 0 Å². The van der Waals surface area contributed by atoms with Crippen LogP contribution in [0.5, 0.6) is 0 Å². The van der Waals surface area contributed by atoms with Crippen molar-refractivity contribution < 1.29 is 23.1 Å². The van der Waals surface area contributed by atoms with Crippen molar-refractivity contribution in [1.29, 1.82) is 0 Å². The van der Waals surface area contributed by atoms with Gasteiger partial charge in [-0.25, -0.2) is 8.42 Å². The molecule has 1 amide bonds. The van der Waals surface area contributed by atoms with Crippen LogP contribution in [0.4, 0.5) is 0 Å². The number of likely N-dealkylation sites (N-methyl/N-ethyl adjacent to an activating group) is 1. The number of hydrogen-bond donors (Lipinski definition) is 2. The third kappa shape index (κ3) is 4.50. The lowest BCUT2D eigenvalue weighted by molar-refractivity contribution is 0.0554. The van der Waals surface area contributed by atoms with E-state index in [1.54, 1.807) is 0 Å². The van der Waals surface area contributed by atoms with Gasteiger partial charge < -0.3 is 15.2 Å². The second-order valence-electron chi connectivity index (χ2n) is 4.50. The van der Waals surface area contributed by atoms with Gasteiger partial charge in [-0.1, -0.05) is 0 Å². The van der Waals surface area contributed by atoms with Gasteiger partial charge in [0.05, 0.1) is 17.6 Å². The molecule has 0 spiro atoms. The van der Waals surface area contributed by atoms with E-state index < -0.39 is 16.1 Å². The number of aliphatic hydroxyl groups excluding tert-OH is 1. The molecule has 8 heteroatoms. The highest BCUT2D eigenvalue weighted by molar-refractivity contribution is 7.89. The molecular formula is C13H20N2O5S. The molecule has 0 saturated heterocycles. The fraction of sp³-hybridized carbons (Fsp3) is 0.462. The molecule has 21 heavy (non-hydrogen) atoms. The summed E-state index contributed by atoms with van der Waals surface area (Å²) in [6.07, 6.45) is -0.903. The van der Waals surface area contributed by atoms with Crippen molar-refractivity contribution >= 4 is 15.9 Å². The van der Waals surface area contributed by atoms with E-state index in [1.807, 2.05) is 0 Å². The first-order chi connectivity index (χ1) is 9.82. The van der Waals surface area contributed by atoms with E-state index >= 15 is 0 Å². The van der Waals surface area contributed by atoms with Crippen LogP contribution in [0.25, 0.3) is 0 Å². The number of hydrogen-bond acceptors (Lipinski definition) is 5. The maximum atomic E-state index is 12.3. The van der Waals surface area contributed by atoms with Crippen molar-refractivity contribution in [2.75, 3.05) is 34.4 Å². The van der Waals surface area contributed by atoms with Crippen LogP contribution in [0, 0.1) is 0 Å². The summed E-state index contributed by atoms with van der Waals surface area (Å²) in [6, 6.07) is 5.59. The van der Waals surface area contributed by atoms with Gasteiger partial charge in [-0.15, -0.1) is 0 Å². The number of benzene rings is 1. The monoisotopic (exact) mass is 316 g/mol. The van der Waals surface area contributed by atoms with Crippen molar-refractivity contribution in [1.82, 2.24) is 9.62 Å². The van der Waals surface area contributed by atoms with Gasteiger partial charge in [-0.05, 0) is 24.3 Å². The van der Waals surface area contributed by atoms with Gasteiger partial charge >= 0.3 is 0 Å². The number of nitrogens with zero attached hydrogens (tertiary/aromatic N) is 1. The third-order valence-electron chi connectivity index (χ3n) is 2.88. The molecule has 1 unspecified atom stereocenters. The Balaban J connectivity index is 2.89. The van der Waals surface area contributed by atoms with Gasteiger partial charge in [-0.3, -0.25) is 4.79 Å². The van der Waals surface area contributed by atoms with Crippen LogP contribution in [0.1, 0.15) is 10.4 Å². The predicted molar refractivity (Wildman–Crippen MR) is 77.5 cm³/mol. The molecule has 0 bridgehead atoms. The van der Waals surface area contributed by atoms with Crippen molar-refractivity contribution in [3.8, 4) is 0 Å². The number of carbonyl (C=O) groups is 1. The number of amides is 1. The van der Waals surface area contributed by atoms with Crippen LogP contribution in [0.15, 0.2) is 29.2 Å². The number of methoxy groups -OCH3 is 1. The highest BCUT2D eigenvalue weighted by Gasteiger charge is 2.23. The molecule has 0 heterocycles. The minimum Gasteiger partial charge on any atom is -0.389 e. The second-order valence-corrected chi connectivity index (χ2v) is 6.54. The van der Waals surface area contributed by atoms with Crippen molar-refractivity contribution in [2.24, 2.45) is 0 Å². The topological polar surface area (TPSA) is 95.9 Å². The number of ether oxygens (including phenoxy) is 1. The first-order valence-corrected chi connectivity index (χ1v) is 7.72. The summed E-state index contributed by atoms with van der Waals surface area (Å²) >= 11 is 0. The van der Waals surface area contributed by atoms with Gasteiger partial charge in [0, 0.05) is 33.3 Å². The van der Waals surface area contributed by atoms with Crippen LogP contribution in [0.3, 0.4) is 0 Å². The fourth-order valence-electron chi connectivity index (χ4n) is 1.74. The van der Waals surface area contributed by atoms with E-state index in [0.717, 1.165) is 4.31 Å². The van der Waals surface area contributed by atoms with Gasteiger partial charge in [0.2, 0.25) is 10.0 Å². The van der Waals surface area contributed by atoms with Crippen LogP contribution in [-0.4, -0.2) is 64.2 Å². The van der Waals surface area contributed by atoms with Crippen LogP contribution >= 0.6 is 0 Å². The number of carbonyl (C=O) groups excluding carboxylic acids is 1. The molecule has 2 N–H and O–H groups in total. The van der Waals surface area contributed by atoms with E-state index in [0.29, 0.717) is 5.56 Å². The average molecular weight is 316 g/mol. The summed E-state index contributed by atoms with van der Waals surface area (Å²) in [5, 5.41) is 12.1. The molecule has 118 valence electrons. The summed E-state index contributed by atoms with van der Waals surface area (Å²) in [7, 11) is 0.584. The molecule has 0 aliphatic rings. The van der Waals surface area contributed by atoms with E-state index in [9.17, 15) is 18.3 Å². The number of nitrogens with one attached hydrogen (secondary N) is 1. The molecule has 0 aromatic heterocycles. The Labute approximate surface area is 124 Å². The lowest BCUT2D eigenvalue weighted by atomic mass is 10.2. The van der Waals surface area contributed by atoms with Crippen molar-refractivity contribution in [3.05, 3.63) is 29.8 Å². The summed E-state index contributed by atoms with van der Waals surface area (Å²) in [4.78, 5) is 11.5. The highest BCUT2D eigenvalue weighted by Crippen LogP contribution is 2.15. The normalized spacial score (nSPS) is 13.2. The molecule has 0 fully saturated rings. The van der Waals surface area contributed by atoms with Gasteiger partial charge in [0.25, 0.3) is 5.91 Å². The summed E-state index contributed by atoms with van der Waals surface area (Å²) in [6.45, 7) is -0.0250. The third-order valence-corrected chi connectivity index (χ3v) is 4.72. The van der Waals surface area contributed by atoms with Gasteiger partial charge in [0.15, 0.2) is 0 Å². The second kappa shape index (κ2) is 7.51. The van der Waals surface area contributed by atoms with E-state index in [-0.39, 0.29) is 24.0 Å². The lowest BCUT2D eigenvalue weighted by Gasteiger charge is -2.20. The first kappa shape index (κ1) is 17.6. The fourth-order valence-corrected chi connectivity index (χ4v) is 2.95. The highest BCUT2D eigenvalue weighted by atomic mass is 32.2. The Morgan fingerprint density at radius 1 is 1.38 bits per heavy atom. The summed E-state index contributed by atoms with van der Waals surface area (Å²) < 4.78 is 30.4. The Morgan fingerprint density at radius 2 is 1.95 bits per heavy atom. The molecule has 0 radical (unpaired) electrons. The quantitative estimate of drug-likeness (QED) is 0.718. The molecule has 1 aromatic rings. The average Bonchev–Trinajstić information content (AvgIpc) is 2.46. The smallest absolute Gasteiger partial charge is 0.251 e. The predicted octanol–water partition coefficient (Wildman–Crippen LogP) is -0.326. The summed E-state index contributed by atoms with van der Waals surface area (Å²) in [5.41, 5.74) is 0.374. The largest absolute Gasteiger partial charge is 0.389 e. The maximum Gasteiger partial charge on any atom is 0.251 e. The van der Waals surface area contributed by atoms with Crippen LogP contribution < -0.4 is 5.32 Å². The van der Waals surface area contributed by atoms with Crippen molar-refractivity contribution in [2.45, 2.75) is 11.0 Å². The molecule has 0 aliphatic carbocycles. The zero-order valence-electron chi connectivity index (χ0n) is 12.2. The lowest BCUT2D eigenvalue weighted by Crippen LogP contribution is -2.36. The van der Waals surface area contributed by atoms with Crippen LogP contribution in [0.2, 0.25) is 0 Å². The Bertz CT molecular complexity index is 571. The van der Waals surface area contributed by atoms with E-state index in [2.05, 4.69) is 5.32 Å². The van der Waals surface area contributed by atoms with Gasteiger partial charge in [-0.2, -0.15) is 4.31 Å². The Hall–Kier alpha value is -1.48. The zero-order chi connectivity index (χ0) is 16.0. The standard InChI is InChI=1S/C13H20N2O5S/c1-14-13(17)10-4-6-12(7-5-10)21(18,19)15(2)8-11(16)9-20-3/h4-7,11,16H,8-9H2,1-3H3,(H,14,17). The molecule has 1 rings (SSSR count). The van der Waals surface area contributed by atoms with Crippen LogP contribution in [-0.2, 0) is 14.8 Å². The number of sulfonamides is 1. The minimum atomic E-state index is -3.72. The van der Waals surface area contributed by atoms with E-state index in [1.165, 1.54) is 45.5 Å². The molecule has 1 atom stereocenters. The SMILES string of the molecule is CNC(=O)c1ccc(S(=O)(=O)N(C)CC(O)COC)cc1. The molecule has 0 saturated carbocycles. The van der Waals surface area contributed by atoms with E-state index in [4.69, 9.17) is 4.74 Å². The Morgan fingerprint density at radius 3 is 2.43 bits per heavy atom. The first-order valence-electron chi connectivity index (χ1n) is 6.28. The maximum absolute atomic E-state index is 12.3. The molecule has 1 aromatic carbocycles. The summed E-state index contributed by atoms with van der Waals surface area (Å²) in [5.74, 6) is -0.289.